The van der Waals surface area contributed by atoms with Crippen molar-refractivity contribution in [2.75, 3.05) is 70.0 Å². The lowest BCUT2D eigenvalue weighted by Crippen LogP contribution is -2.31. The van der Waals surface area contributed by atoms with Crippen molar-refractivity contribution < 1.29 is 37.9 Å². The van der Waals surface area contributed by atoms with E-state index in [4.69, 9.17) is 37.9 Å². The topological polar surface area (TPSA) is 97.9 Å². The van der Waals surface area contributed by atoms with Crippen LogP contribution in [0.5, 0.6) is 46.0 Å². The van der Waals surface area contributed by atoms with Gasteiger partial charge in [0.15, 0.2) is 46.0 Å². The summed E-state index contributed by atoms with van der Waals surface area (Å²) in [6.45, 7) is 1.68. The Bertz CT molecular complexity index is 1840. The molecule has 0 radical (unpaired) electrons. The molecule has 0 aliphatic carbocycles. The molecule has 2 aliphatic rings. The Hall–Kier alpha value is -5.24. The molecule has 10 heteroatoms. The Balaban J connectivity index is 1.42. The highest BCUT2D eigenvalue weighted by Crippen LogP contribution is 2.40. The van der Waals surface area contributed by atoms with Crippen molar-refractivity contribution in [2.24, 2.45) is 0 Å². The van der Waals surface area contributed by atoms with Crippen LogP contribution in [0.1, 0.15) is 56.6 Å². The summed E-state index contributed by atoms with van der Waals surface area (Å²) in [5.41, 5.74) is 8.55. The zero-order valence-corrected chi connectivity index (χ0v) is 31.3. The Kier molecular flexibility index (Phi) is 11.5. The standard InChI is InChI=1S/C42H48N2O8/c1-45-35-17-25(29(21-39(35)49-5)15-33-31-23-41(51-7)37(47-3)19-27(31)11-13-43-33)9-10-26-18-36(46-2)40(50-6)22-30(26)16-34-32-24-42(52-8)38(48-4)20-28(32)12-14-44-34/h17-24,33-34,43-44H,11-16H2,1-8H3/t33-,34-/m1/s1. The highest BCUT2D eigenvalue weighted by molar-refractivity contribution is 5.60. The number of fused-ring (bicyclic) bond motifs is 2. The zero-order chi connectivity index (χ0) is 36.8. The fourth-order valence-corrected chi connectivity index (χ4v) is 7.29. The first kappa shape index (κ1) is 36.5. The summed E-state index contributed by atoms with van der Waals surface area (Å²) in [5.74, 6) is 12.4. The average Bonchev–Trinajstić information content (AvgIpc) is 3.19. The van der Waals surface area contributed by atoms with E-state index < -0.39 is 0 Å². The molecule has 0 aromatic heterocycles. The molecule has 0 bridgehead atoms. The van der Waals surface area contributed by atoms with Crippen LogP contribution in [0.15, 0.2) is 48.5 Å². The summed E-state index contributed by atoms with van der Waals surface area (Å²) in [6.07, 6.45) is 3.13. The lowest BCUT2D eigenvalue weighted by atomic mass is 9.88. The molecule has 2 N–H and O–H groups in total. The largest absolute Gasteiger partial charge is 0.493 e. The van der Waals surface area contributed by atoms with Gasteiger partial charge in [-0.1, -0.05) is 11.8 Å². The molecule has 0 unspecified atom stereocenters. The van der Waals surface area contributed by atoms with E-state index in [1.807, 2.05) is 24.3 Å². The summed E-state index contributed by atoms with van der Waals surface area (Å²) in [4.78, 5) is 0. The maximum atomic E-state index is 5.76. The Morgan fingerprint density at radius 2 is 0.750 bits per heavy atom. The number of rotatable bonds is 12. The third-order valence-electron chi connectivity index (χ3n) is 10.0. The maximum Gasteiger partial charge on any atom is 0.161 e. The molecule has 274 valence electrons. The van der Waals surface area contributed by atoms with Gasteiger partial charge in [-0.15, -0.1) is 0 Å². The van der Waals surface area contributed by atoms with Gasteiger partial charge >= 0.3 is 0 Å². The van der Waals surface area contributed by atoms with Crippen molar-refractivity contribution in [3.8, 4) is 57.8 Å². The van der Waals surface area contributed by atoms with E-state index >= 15 is 0 Å². The summed E-state index contributed by atoms with van der Waals surface area (Å²) in [7, 11) is 13.2. The molecule has 2 atom stereocenters. The highest BCUT2D eigenvalue weighted by atomic mass is 16.5. The Labute approximate surface area is 306 Å². The van der Waals surface area contributed by atoms with E-state index in [1.165, 1.54) is 22.3 Å². The molecule has 2 heterocycles. The Morgan fingerprint density at radius 1 is 0.442 bits per heavy atom. The van der Waals surface area contributed by atoms with E-state index in [0.29, 0.717) is 47.3 Å². The minimum atomic E-state index is 0.0203. The summed E-state index contributed by atoms with van der Waals surface area (Å²) in [6, 6.07) is 16.3. The lowest BCUT2D eigenvalue weighted by Gasteiger charge is -2.29. The second kappa shape index (κ2) is 16.4. The molecule has 0 saturated heterocycles. The summed E-state index contributed by atoms with van der Waals surface area (Å²) >= 11 is 0. The predicted molar refractivity (Wildman–Crippen MR) is 200 cm³/mol. The van der Waals surface area contributed by atoms with Gasteiger partial charge in [-0.2, -0.15) is 0 Å². The molecule has 0 amide bonds. The third-order valence-corrected chi connectivity index (χ3v) is 10.0. The van der Waals surface area contributed by atoms with Gasteiger partial charge in [-0.3, -0.25) is 0 Å². The molecule has 0 saturated carbocycles. The SMILES string of the molecule is COc1cc(C#Cc2cc(OC)c(OC)cc2C[C@H]2NCCc3cc(OC)c(OC)cc32)c(C[C@H]2NCCc3cc(OC)c(OC)cc32)cc1OC. The first-order chi connectivity index (χ1) is 25.4. The van der Waals surface area contributed by atoms with Crippen LogP contribution in [0.2, 0.25) is 0 Å². The molecule has 4 aromatic carbocycles. The second-order valence-electron chi connectivity index (χ2n) is 12.7. The minimum absolute atomic E-state index is 0.0203. The zero-order valence-electron chi connectivity index (χ0n) is 31.3. The van der Waals surface area contributed by atoms with Crippen LogP contribution in [0.25, 0.3) is 0 Å². The van der Waals surface area contributed by atoms with Crippen molar-refractivity contribution in [2.45, 2.75) is 37.8 Å². The molecule has 0 fully saturated rings. The smallest absolute Gasteiger partial charge is 0.161 e. The normalized spacial score (nSPS) is 16.0. The van der Waals surface area contributed by atoms with E-state index in [9.17, 15) is 0 Å². The molecule has 0 spiro atoms. The van der Waals surface area contributed by atoms with Crippen LogP contribution in [0.3, 0.4) is 0 Å². The third kappa shape index (κ3) is 7.38. The van der Waals surface area contributed by atoms with Crippen LogP contribution in [0, 0.1) is 11.8 Å². The molecule has 52 heavy (non-hydrogen) atoms. The molecule has 6 rings (SSSR count). The quantitative estimate of drug-likeness (QED) is 0.170. The minimum Gasteiger partial charge on any atom is -0.493 e. The monoisotopic (exact) mass is 708 g/mol. The maximum absolute atomic E-state index is 5.76. The van der Waals surface area contributed by atoms with Gasteiger partial charge in [0, 0.05) is 23.2 Å². The number of ether oxygens (including phenoxy) is 8. The van der Waals surface area contributed by atoms with Gasteiger partial charge in [0.25, 0.3) is 0 Å². The summed E-state index contributed by atoms with van der Waals surface area (Å²) in [5, 5.41) is 7.43. The number of methoxy groups -OCH3 is 8. The van der Waals surface area contributed by atoms with E-state index in [2.05, 4.69) is 46.7 Å². The van der Waals surface area contributed by atoms with Gasteiger partial charge in [-0.25, -0.2) is 0 Å². The Morgan fingerprint density at radius 3 is 1.10 bits per heavy atom. The van der Waals surface area contributed by atoms with E-state index in [-0.39, 0.29) is 12.1 Å². The van der Waals surface area contributed by atoms with Crippen LogP contribution >= 0.6 is 0 Å². The van der Waals surface area contributed by atoms with Crippen molar-refractivity contribution in [3.63, 3.8) is 0 Å². The fraction of sp³-hybridized carbons (Fsp3) is 0.381. The van der Waals surface area contributed by atoms with Gasteiger partial charge < -0.3 is 48.5 Å². The number of nitrogens with one attached hydrogen (secondary N) is 2. The van der Waals surface area contributed by atoms with Crippen molar-refractivity contribution in [1.29, 1.82) is 0 Å². The van der Waals surface area contributed by atoms with E-state index in [0.717, 1.165) is 59.7 Å². The summed E-state index contributed by atoms with van der Waals surface area (Å²) < 4.78 is 45.6. The van der Waals surface area contributed by atoms with Crippen LogP contribution in [-0.4, -0.2) is 70.0 Å². The molecule has 2 aliphatic heterocycles. The van der Waals surface area contributed by atoms with Gasteiger partial charge in [0.1, 0.15) is 0 Å². The van der Waals surface area contributed by atoms with Crippen molar-refractivity contribution in [3.05, 3.63) is 93.0 Å². The fourth-order valence-electron chi connectivity index (χ4n) is 7.29. The van der Waals surface area contributed by atoms with Crippen LogP contribution in [0.4, 0.5) is 0 Å². The highest BCUT2D eigenvalue weighted by Gasteiger charge is 2.26. The van der Waals surface area contributed by atoms with Gasteiger partial charge in [0.05, 0.1) is 56.9 Å². The first-order valence-corrected chi connectivity index (χ1v) is 17.4. The van der Waals surface area contributed by atoms with Crippen molar-refractivity contribution >= 4 is 0 Å². The van der Waals surface area contributed by atoms with Gasteiger partial charge in [-0.05, 0) is 121 Å². The molecule has 10 nitrogen and oxygen atoms in total. The van der Waals surface area contributed by atoms with E-state index in [1.54, 1.807) is 56.9 Å². The predicted octanol–water partition coefficient (Wildman–Crippen LogP) is 6.01. The van der Waals surface area contributed by atoms with Gasteiger partial charge in [0.2, 0.25) is 0 Å². The second-order valence-corrected chi connectivity index (χ2v) is 12.7. The first-order valence-electron chi connectivity index (χ1n) is 17.4. The average molecular weight is 709 g/mol. The lowest BCUT2D eigenvalue weighted by molar-refractivity contribution is 0.351. The number of benzene rings is 4. The van der Waals surface area contributed by atoms with Crippen LogP contribution < -0.4 is 48.5 Å². The van der Waals surface area contributed by atoms with Crippen LogP contribution in [-0.2, 0) is 25.7 Å². The molecular formula is C42H48N2O8. The molecular weight excluding hydrogens is 660 g/mol. The number of hydrogen-bond acceptors (Lipinski definition) is 10. The molecule has 4 aromatic rings. The van der Waals surface area contributed by atoms with Crippen molar-refractivity contribution in [1.82, 2.24) is 10.6 Å². The number of hydrogen-bond donors (Lipinski definition) is 2.